The van der Waals surface area contributed by atoms with Crippen molar-refractivity contribution in [2.75, 3.05) is 20.3 Å². The molecule has 3 aromatic carbocycles. The highest BCUT2D eigenvalue weighted by molar-refractivity contribution is 6.05. The van der Waals surface area contributed by atoms with Crippen molar-refractivity contribution < 1.29 is 38.7 Å². The van der Waals surface area contributed by atoms with E-state index in [4.69, 9.17) is 18.9 Å². The SMILES string of the molecule is COc1ccc(OCCOc2ccc(C(=O)OC(=O)c3cc(C(C)(C)C)cc(C(C)(C)C)c3O)c(O)c2)cc1. The second-order valence-corrected chi connectivity index (χ2v) is 11.1. The number of aromatic hydroxyl groups is 2. The van der Waals surface area contributed by atoms with Crippen LogP contribution in [-0.4, -0.2) is 42.5 Å². The standard InChI is InChI=1S/C31H36O8/c1-30(2,3)19-16-24(27(33)25(17-19)31(4,5)6)29(35)39-28(34)23-13-12-22(18-26(23)32)38-15-14-37-21-10-8-20(36-7)9-11-21/h8-13,16-18,32-33H,14-15H2,1-7H3. The first-order chi connectivity index (χ1) is 18.2. The zero-order valence-electron chi connectivity index (χ0n) is 23.5. The second kappa shape index (κ2) is 11.7. The summed E-state index contributed by atoms with van der Waals surface area (Å²) in [5.74, 6) is -1.03. The molecule has 0 unspecified atom stereocenters. The maximum atomic E-state index is 13.0. The fourth-order valence-corrected chi connectivity index (χ4v) is 3.75. The van der Waals surface area contributed by atoms with Gasteiger partial charge in [-0.05, 0) is 58.9 Å². The molecule has 0 bridgehead atoms. The van der Waals surface area contributed by atoms with Gasteiger partial charge in [0.2, 0.25) is 0 Å². The largest absolute Gasteiger partial charge is 0.507 e. The Kier molecular flexibility index (Phi) is 8.79. The third kappa shape index (κ3) is 7.44. The van der Waals surface area contributed by atoms with E-state index in [9.17, 15) is 19.8 Å². The first-order valence-corrected chi connectivity index (χ1v) is 12.6. The van der Waals surface area contributed by atoms with Crippen LogP contribution >= 0.6 is 0 Å². The molecule has 0 atom stereocenters. The molecule has 0 aliphatic carbocycles. The summed E-state index contributed by atoms with van der Waals surface area (Å²) < 4.78 is 21.3. The minimum Gasteiger partial charge on any atom is -0.507 e. The van der Waals surface area contributed by atoms with Crippen LogP contribution in [0.25, 0.3) is 0 Å². The van der Waals surface area contributed by atoms with Gasteiger partial charge in [0.25, 0.3) is 0 Å². The van der Waals surface area contributed by atoms with Gasteiger partial charge in [-0.25, -0.2) is 9.59 Å². The van der Waals surface area contributed by atoms with Crippen molar-refractivity contribution in [3.05, 3.63) is 76.9 Å². The molecule has 0 saturated carbocycles. The van der Waals surface area contributed by atoms with E-state index in [-0.39, 0.29) is 35.5 Å². The predicted octanol–water partition coefficient (Wildman–Crippen LogP) is 6.16. The summed E-state index contributed by atoms with van der Waals surface area (Å²) in [6.07, 6.45) is 0. The topological polar surface area (TPSA) is 112 Å². The number of hydrogen-bond donors (Lipinski definition) is 2. The van der Waals surface area contributed by atoms with Crippen molar-refractivity contribution in [1.82, 2.24) is 0 Å². The Bertz CT molecular complexity index is 1330. The summed E-state index contributed by atoms with van der Waals surface area (Å²) in [5, 5.41) is 21.3. The Morgan fingerprint density at radius 1 is 0.692 bits per heavy atom. The van der Waals surface area contributed by atoms with Crippen LogP contribution in [0.2, 0.25) is 0 Å². The van der Waals surface area contributed by atoms with Crippen LogP contribution in [0.1, 0.15) is 73.4 Å². The monoisotopic (exact) mass is 536 g/mol. The maximum Gasteiger partial charge on any atom is 0.349 e. The van der Waals surface area contributed by atoms with Gasteiger partial charge in [-0.1, -0.05) is 47.6 Å². The van der Waals surface area contributed by atoms with Gasteiger partial charge in [0, 0.05) is 11.6 Å². The predicted molar refractivity (Wildman–Crippen MR) is 147 cm³/mol. The number of hydrogen-bond acceptors (Lipinski definition) is 8. The summed E-state index contributed by atoms with van der Waals surface area (Å²) in [5.41, 5.74) is 0.267. The van der Waals surface area contributed by atoms with E-state index in [2.05, 4.69) is 0 Å². The van der Waals surface area contributed by atoms with E-state index in [0.29, 0.717) is 17.1 Å². The molecule has 8 nitrogen and oxygen atoms in total. The fourth-order valence-electron chi connectivity index (χ4n) is 3.75. The van der Waals surface area contributed by atoms with Gasteiger partial charge in [-0.15, -0.1) is 0 Å². The number of rotatable bonds is 8. The highest BCUT2D eigenvalue weighted by Gasteiger charge is 2.29. The van der Waals surface area contributed by atoms with Crippen LogP contribution in [-0.2, 0) is 15.6 Å². The Morgan fingerprint density at radius 3 is 1.77 bits per heavy atom. The van der Waals surface area contributed by atoms with Crippen molar-refractivity contribution in [2.24, 2.45) is 0 Å². The number of carbonyl (C=O) groups is 2. The second-order valence-electron chi connectivity index (χ2n) is 11.1. The quantitative estimate of drug-likeness (QED) is 0.200. The summed E-state index contributed by atoms with van der Waals surface area (Å²) in [4.78, 5) is 25.7. The molecule has 0 amide bonds. The van der Waals surface area contributed by atoms with Crippen molar-refractivity contribution >= 4 is 11.9 Å². The molecule has 0 fully saturated rings. The van der Waals surface area contributed by atoms with E-state index in [0.717, 1.165) is 11.3 Å². The van der Waals surface area contributed by atoms with E-state index in [1.54, 1.807) is 31.4 Å². The Hall–Kier alpha value is -4.20. The number of ether oxygens (including phenoxy) is 4. The molecule has 0 aliphatic rings. The molecule has 0 aromatic heterocycles. The molecule has 0 aliphatic heterocycles. The Labute approximate surface area is 229 Å². The minimum absolute atomic E-state index is 0.114. The number of esters is 2. The average Bonchev–Trinajstić information content (AvgIpc) is 2.85. The Morgan fingerprint density at radius 2 is 1.23 bits per heavy atom. The van der Waals surface area contributed by atoms with Crippen LogP contribution in [0, 0.1) is 0 Å². The van der Waals surface area contributed by atoms with Crippen LogP contribution in [0.4, 0.5) is 0 Å². The fraction of sp³-hybridized carbons (Fsp3) is 0.355. The van der Waals surface area contributed by atoms with Gasteiger partial charge in [0.1, 0.15) is 53.1 Å². The summed E-state index contributed by atoms with van der Waals surface area (Å²) in [6.45, 7) is 12.1. The van der Waals surface area contributed by atoms with Gasteiger partial charge in [0.05, 0.1) is 7.11 Å². The molecule has 0 heterocycles. The van der Waals surface area contributed by atoms with Crippen molar-refractivity contribution in [1.29, 1.82) is 0 Å². The van der Waals surface area contributed by atoms with E-state index >= 15 is 0 Å². The highest BCUT2D eigenvalue weighted by atomic mass is 16.6. The molecule has 8 heteroatoms. The van der Waals surface area contributed by atoms with Gasteiger partial charge in [-0.3, -0.25) is 0 Å². The van der Waals surface area contributed by atoms with Gasteiger partial charge < -0.3 is 29.2 Å². The number of phenols is 2. The first kappa shape index (κ1) is 29.4. The lowest BCUT2D eigenvalue weighted by molar-refractivity contribution is 0.0394. The van der Waals surface area contributed by atoms with Crippen LogP contribution in [0.5, 0.6) is 28.7 Å². The number of benzene rings is 3. The van der Waals surface area contributed by atoms with Crippen LogP contribution in [0.15, 0.2) is 54.6 Å². The average molecular weight is 537 g/mol. The maximum absolute atomic E-state index is 13.0. The van der Waals surface area contributed by atoms with Crippen molar-refractivity contribution in [2.45, 2.75) is 52.4 Å². The summed E-state index contributed by atoms with van der Waals surface area (Å²) >= 11 is 0. The molecule has 0 saturated heterocycles. The van der Waals surface area contributed by atoms with Crippen LogP contribution < -0.4 is 14.2 Å². The smallest absolute Gasteiger partial charge is 0.349 e. The molecule has 0 spiro atoms. The van der Waals surface area contributed by atoms with E-state index in [1.165, 1.54) is 24.3 Å². The number of carbonyl (C=O) groups excluding carboxylic acids is 2. The van der Waals surface area contributed by atoms with E-state index < -0.39 is 23.1 Å². The minimum atomic E-state index is -1.05. The highest BCUT2D eigenvalue weighted by Crippen LogP contribution is 2.38. The lowest BCUT2D eigenvalue weighted by Gasteiger charge is -2.27. The summed E-state index contributed by atoms with van der Waals surface area (Å²) in [7, 11) is 1.58. The van der Waals surface area contributed by atoms with Crippen molar-refractivity contribution in [3.63, 3.8) is 0 Å². The lowest BCUT2D eigenvalue weighted by atomic mass is 9.79. The molecule has 39 heavy (non-hydrogen) atoms. The third-order valence-electron chi connectivity index (χ3n) is 6.06. The molecule has 2 N–H and O–H groups in total. The number of phenolic OH excluding ortho intramolecular Hbond substituents is 2. The summed E-state index contributed by atoms with van der Waals surface area (Å²) in [6, 6.07) is 14.5. The normalized spacial score (nSPS) is 11.6. The first-order valence-electron chi connectivity index (χ1n) is 12.6. The zero-order valence-corrected chi connectivity index (χ0v) is 23.5. The molecule has 208 valence electrons. The Balaban J connectivity index is 1.67. The molecular formula is C31H36O8. The number of methoxy groups -OCH3 is 1. The molecule has 3 rings (SSSR count). The molecule has 3 aromatic rings. The van der Waals surface area contributed by atoms with E-state index in [1.807, 2.05) is 47.6 Å². The van der Waals surface area contributed by atoms with Gasteiger partial charge in [-0.2, -0.15) is 0 Å². The lowest BCUT2D eigenvalue weighted by Crippen LogP contribution is -2.20. The molecular weight excluding hydrogens is 500 g/mol. The third-order valence-corrected chi connectivity index (χ3v) is 6.06. The zero-order chi connectivity index (χ0) is 29.0. The van der Waals surface area contributed by atoms with Gasteiger partial charge >= 0.3 is 11.9 Å². The van der Waals surface area contributed by atoms with Gasteiger partial charge in [0.15, 0.2) is 0 Å². The van der Waals surface area contributed by atoms with Crippen molar-refractivity contribution in [3.8, 4) is 28.7 Å². The molecule has 0 radical (unpaired) electrons. The van der Waals surface area contributed by atoms with Crippen LogP contribution in [0.3, 0.4) is 0 Å².